The van der Waals surface area contributed by atoms with E-state index in [1.807, 2.05) is 35.2 Å². The summed E-state index contributed by atoms with van der Waals surface area (Å²) in [5.41, 5.74) is 7.16. The molecule has 0 aliphatic rings. The Morgan fingerprint density at radius 1 is 1.40 bits per heavy atom. The predicted octanol–water partition coefficient (Wildman–Crippen LogP) is 3.17. The second-order valence-electron chi connectivity index (χ2n) is 4.75. The number of thiazole rings is 1. The van der Waals surface area contributed by atoms with Crippen LogP contribution in [-0.2, 0) is 6.54 Å². The summed E-state index contributed by atoms with van der Waals surface area (Å²) in [5, 5.41) is 2.15. The highest BCUT2D eigenvalue weighted by Crippen LogP contribution is 2.18. The second kappa shape index (κ2) is 6.52. The first-order chi connectivity index (χ1) is 9.61. The summed E-state index contributed by atoms with van der Waals surface area (Å²) in [6.45, 7) is 4.72. The normalized spacial score (nSPS) is 12.1. The molecule has 2 rings (SSSR count). The van der Waals surface area contributed by atoms with Gasteiger partial charge in [0.1, 0.15) is 5.69 Å². The van der Waals surface area contributed by atoms with E-state index in [0.717, 1.165) is 12.0 Å². The van der Waals surface area contributed by atoms with Gasteiger partial charge in [-0.25, -0.2) is 4.98 Å². The van der Waals surface area contributed by atoms with E-state index in [0.29, 0.717) is 17.4 Å². The lowest BCUT2D eigenvalue weighted by Gasteiger charge is -2.28. The minimum atomic E-state index is -0.0591. The Labute approximate surface area is 123 Å². The molecule has 2 aromatic rings. The average Bonchev–Trinajstić information content (AvgIpc) is 2.91. The average molecular weight is 289 g/mol. The zero-order chi connectivity index (χ0) is 14.5. The van der Waals surface area contributed by atoms with Gasteiger partial charge in [0.25, 0.3) is 5.91 Å². The molecule has 0 aliphatic heterocycles. The van der Waals surface area contributed by atoms with Gasteiger partial charge in [-0.2, -0.15) is 0 Å². The fourth-order valence-corrected chi connectivity index (χ4v) is 2.50. The molecule has 5 heteroatoms. The SMILES string of the molecule is CCC(C)N(Cc1ccccc1)C(=O)c1csc(N)n1. The molecular weight excluding hydrogens is 270 g/mol. The maximum atomic E-state index is 12.6. The Bertz CT molecular complexity index is 568. The van der Waals surface area contributed by atoms with Crippen LogP contribution in [0.15, 0.2) is 35.7 Å². The number of nitrogen functional groups attached to an aromatic ring is 1. The number of hydrogen-bond donors (Lipinski definition) is 1. The molecule has 0 radical (unpaired) electrons. The first kappa shape index (κ1) is 14.5. The molecule has 0 saturated carbocycles. The Kier molecular flexibility index (Phi) is 4.74. The van der Waals surface area contributed by atoms with Crippen LogP contribution in [0.5, 0.6) is 0 Å². The summed E-state index contributed by atoms with van der Waals surface area (Å²) < 4.78 is 0. The highest BCUT2D eigenvalue weighted by Gasteiger charge is 2.22. The van der Waals surface area contributed by atoms with Crippen LogP contribution in [0.4, 0.5) is 5.13 Å². The lowest BCUT2D eigenvalue weighted by molar-refractivity contribution is 0.0666. The summed E-state index contributed by atoms with van der Waals surface area (Å²) >= 11 is 1.29. The van der Waals surface area contributed by atoms with Crippen molar-refractivity contribution in [1.29, 1.82) is 0 Å². The third kappa shape index (κ3) is 3.36. The van der Waals surface area contributed by atoms with Crippen molar-refractivity contribution < 1.29 is 4.79 Å². The fourth-order valence-electron chi connectivity index (χ4n) is 1.96. The number of benzene rings is 1. The van der Waals surface area contributed by atoms with Crippen LogP contribution < -0.4 is 5.73 Å². The van der Waals surface area contributed by atoms with Gasteiger partial charge >= 0.3 is 0 Å². The minimum Gasteiger partial charge on any atom is -0.375 e. The van der Waals surface area contributed by atoms with Crippen molar-refractivity contribution in [3.8, 4) is 0 Å². The molecule has 1 aromatic heterocycles. The number of rotatable bonds is 5. The van der Waals surface area contributed by atoms with Crippen molar-refractivity contribution in [2.45, 2.75) is 32.9 Å². The molecule has 106 valence electrons. The minimum absolute atomic E-state index is 0.0591. The van der Waals surface area contributed by atoms with E-state index in [1.54, 1.807) is 5.38 Å². The number of nitrogens with two attached hydrogens (primary N) is 1. The van der Waals surface area contributed by atoms with Crippen molar-refractivity contribution in [3.05, 3.63) is 47.0 Å². The van der Waals surface area contributed by atoms with Gasteiger partial charge in [0.05, 0.1) is 0 Å². The van der Waals surface area contributed by atoms with Crippen LogP contribution in [-0.4, -0.2) is 21.8 Å². The molecule has 0 bridgehead atoms. The highest BCUT2D eigenvalue weighted by atomic mass is 32.1. The lowest BCUT2D eigenvalue weighted by atomic mass is 10.1. The Morgan fingerprint density at radius 2 is 2.10 bits per heavy atom. The number of amides is 1. The number of carbonyl (C=O) groups is 1. The molecule has 4 nitrogen and oxygen atoms in total. The maximum absolute atomic E-state index is 12.6. The maximum Gasteiger partial charge on any atom is 0.273 e. The van der Waals surface area contributed by atoms with E-state index in [-0.39, 0.29) is 11.9 Å². The fraction of sp³-hybridized carbons (Fsp3) is 0.333. The van der Waals surface area contributed by atoms with E-state index in [2.05, 4.69) is 18.8 Å². The number of nitrogens with zero attached hydrogens (tertiary/aromatic N) is 2. The zero-order valence-corrected chi connectivity index (χ0v) is 12.6. The van der Waals surface area contributed by atoms with E-state index < -0.39 is 0 Å². The molecule has 0 saturated heterocycles. The van der Waals surface area contributed by atoms with Crippen LogP contribution >= 0.6 is 11.3 Å². The molecule has 0 spiro atoms. The number of anilines is 1. The highest BCUT2D eigenvalue weighted by molar-refractivity contribution is 7.13. The summed E-state index contributed by atoms with van der Waals surface area (Å²) in [7, 11) is 0. The van der Waals surface area contributed by atoms with E-state index in [9.17, 15) is 4.79 Å². The Morgan fingerprint density at radius 3 is 2.65 bits per heavy atom. The number of carbonyl (C=O) groups excluding carboxylic acids is 1. The van der Waals surface area contributed by atoms with Crippen LogP contribution in [0, 0.1) is 0 Å². The molecule has 0 fully saturated rings. The topological polar surface area (TPSA) is 59.2 Å². The summed E-state index contributed by atoms with van der Waals surface area (Å²) in [4.78, 5) is 18.5. The first-order valence-electron chi connectivity index (χ1n) is 6.67. The Balaban J connectivity index is 2.21. The number of hydrogen-bond acceptors (Lipinski definition) is 4. The largest absolute Gasteiger partial charge is 0.375 e. The van der Waals surface area contributed by atoms with Crippen LogP contribution in [0.1, 0.15) is 36.3 Å². The molecule has 20 heavy (non-hydrogen) atoms. The van der Waals surface area contributed by atoms with Gasteiger partial charge in [-0.15, -0.1) is 11.3 Å². The van der Waals surface area contributed by atoms with E-state index >= 15 is 0 Å². The van der Waals surface area contributed by atoms with Gasteiger partial charge in [-0.05, 0) is 18.9 Å². The second-order valence-corrected chi connectivity index (χ2v) is 5.64. The first-order valence-corrected chi connectivity index (χ1v) is 7.55. The van der Waals surface area contributed by atoms with E-state index in [4.69, 9.17) is 5.73 Å². The monoisotopic (exact) mass is 289 g/mol. The predicted molar refractivity (Wildman–Crippen MR) is 82.6 cm³/mol. The van der Waals surface area contributed by atoms with Crippen LogP contribution in [0.25, 0.3) is 0 Å². The molecular formula is C15H19N3OS. The summed E-state index contributed by atoms with van der Waals surface area (Å²) in [6, 6.07) is 10.1. The van der Waals surface area contributed by atoms with E-state index in [1.165, 1.54) is 11.3 Å². The van der Waals surface area contributed by atoms with Crippen molar-refractivity contribution in [1.82, 2.24) is 9.88 Å². The molecule has 1 atom stereocenters. The number of aromatic nitrogens is 1. The zero-order valence-electron chi connectivity index (χ0n) is 11.7. The van der Waals surface area contributed by atoms with Crippen molar-refractivity contribution in [2.24, 2.45) is 0 Å². The standard InChI is InChI=1S/C15H19N3OS/c1-3-11(2)18(9-12-7-5-4-6-8-12)14(19)13-10-20-15(16)17-13/h4-8,10-11H,3,9H2,1-2H3,(H2,16,17). The molecule has 1 unspecified atom stereocenters. The van der Waals surface area contributed by atoms with Gasteiger partial charge in [0, 0.05) is 18.0 Å². The van der Waals surface area contributed by atoms with Gasteiger partial charge in [-0.1, -0.05) is 37.3 Å². The van der Waals surface area contributed by atoms with Gasteiger partial charge in [0.15, 0.2) is 5.13 Å². The van der Waals surface area contributed by atoms with Crippen molar-refractivity contribution in [2.75, 3.05) is 5.73 Å². The van der Waals surface area contributed by atoms with Crippen molar-refractivity contribution >= 4 is 22.4 Å². The molecule has 1 aromatic carbocycles. The van der Waals surface area contributed by atoms with Gasteiger partial charge < -0.3 is 10.6 Å². The molecule has 1 amide bonds. The van der Waals surface area contributed by atoms with Crippen LogP contribution in [0.2, 0.25) is 0 Å². The third-order valence-electron chi connectivity index (χ3n) is 3.32. The third-order valence-corrected chi connectivity index (χ3v) is 3.99. The Hall–Kier alpha value is -1.88. The smallest absolute Gasteiger partial charge is 0.273 e. The molecule has 2 N–H and O–H groups in total. The van der Waals surface area contributed by atoms with Gasteiger partial charge in [0.2, 0.25) is 0 Å². The quantitative estimate of drug-likeness (QED) is 0.919. The lowest BCUT2D eigenvalue weighted by Crippen LogP contribution is -2.38. The summed E-state index contributed by atoms with van der Waals surface area (Å²) in [5.74, 6) is -0.0591. The molecule has 0 aliphatic carbocycles. The van der Waals surface area contributed by atoms with Crippen LogP contribution in [0.3, 0.4) is 0 Å². The van der Waals surface area contributed by atoms with Gasteiger partial charge in [-0.3, -0.25) is 4.79 Å². The van der Waals surface area contributed by atoms with Crippen molar-refractivity contribution in [3.63, 3.8) is 0 Å². The summed E-state index contributed by atoms with van der Waals surface area (Å²) in [6.07, 6.45) is 0.901. The molecule has 1 heterocycles.